The van der Waals surface area contributed by atoms with Crippen molar-refractivity contribution in [3.05, 3.63) is 29.4 Å². The van der Waals surface area contributed by atoms with Crippen molar-refractivity contribution in [3.8, 4) is 11.5 Å². The second-order valence-electron chi connectivity index (χ2n) is 5.21. The zero-order valence-corrected chi connectivity index (χ0v) is 11.9. The fraction of sp³-hybridized carbons (Fsp3) is 0.462. The van der Waals surface area contributed by atoms with Crippen LogP contribution in [0.4, 0.5) is 0 Å². The summed E-state index contributed by atoms with van der Waals surface area (Å²) in [5.74, 6) is 0.631. The molecule has 0 aliphatic rings. The minimum Gasteiger partial charge on any atom is -0.328 e. The molecule has 5 heteroatoms. The molecular formula is C13H17ClN4. The molecule has 0 saturated heterocycles. The van der Waals surface area contributed by atoms with Crippen LogP contribution in [-0.4, -0.2) is 19.5 Å². The highest BCUT2D eigenvalue weighted by Crippen LogP contribution is 2.25. The molecule has 0 unspecified atom stereocenters. The number of nitrogens with zero attached hydrogens (tertiary/aromatic N) is 4. The molecule has 0 aliphatic carbocycles. The van der Waals surface area contributed by atoms with Gasteiger partial charge in [0.2, 0.25) is 0 Å². The van der Waals surface area contributed by atoms with Crippen LogP contribution in [0.5, 0.6) is 0 Å². The summed E-state index contributed by atoms with van der Waals surface area (Å²) in [6.07, 6.45) is 3.54. The van der Waals surface area contributed by atoms with Crippen molar-refractivity contribution in [1.29, 1.82) is 0 Å². The Balaban J connectivity index is 2.56. The van der Waals surface area contributed by atoms with Crippen molar-refractivity contribution in [1.82, 2.24) is 19.5 Å². The fourth-order valence-corrected chi connectivity index (χ4v) is 1.86. The highest BCUT2D eigenvalue weighted by Gasteiger charge is 2.19. The molecule has 2 aromatic heterocycles. The van der Waals surface area contributed by atoms with Crippen molar-refractivity contribution in [2.45, 2.75) is 39.7 Å². The van der Waals surface area contributed by atoms with Crippen molar-refractivity contribution in [3.63, 3.8) is 0 Å². The lowest BCUT2D eigenvalue weighted by molar-refractivity contribution is 0.567. The Morgan fingerprint density at radius 3 is 2.61 bits per heavy atom. The average Bonchev–Trinajstić information content (AvgIpc) is 2.74. The molecule has 4 nitrogen and oxygen atoms in total. The molecule has 0 aromatic carbocycles. The van der Waals surface area contributed by atoms with E-state index in [0.717, 1.165) is 17.9 Å². The lowest BCUT2D eigenvalue weighted by Crippen LogP contribution is -2.15. The van der Waals surface area contributed by atoms with Crippen LogP contribution in [0.1, 0.15) is 33.4 Å². The molecule has 0 amide bonds. The van der Waals surface area contributed by atoms with E-state index in [2.05, 4.69) is 42.6 Å². The van der Waals surface area contributed by atoms with Gasteiger partial charge in [0.05, 0.1) is 18.2 Å². The number of aromatic nitrogens is 4. The highest BCUT2D eigenvalue weighted by atomic mass is 35.5. The molecule has 0 spiro atoms. The highest BCUT2D eigenvalue weighted by molar-refractivity contribution is 6.29. The van der Waals surface area contributed by atoms with Crippen LogP contribution in [0.3, 0.4) is 0 Å². The zero-order chi connectivity index (χ0) is 13.3. The van der Waals surface area contributed by atoms with Gasteiger partial charge in [-0.2, -0.15) is 0 Å². The summed E-state index contributed by atoms with van der Waals surface area (Å²) < 4.78 is 2.00. The van der Waals surface area contributed by atoms with Gasteiger partial charge in [-0.25, -0.2) is 15.0 Å². The van der Waals surface area contributed by atoms with Gasteiger partial charge in [0.1, 0.15) is 10.8 Å². The number of halogens is 1. The van der Waals surface area contributed by atoms with Gasteiger partial charge >= 0.3 is 0 Å². The standard InChI is InChI=1S/C13H17ClN4/c1-5-18-8-15-7-9(18)12-16-10(13(2,3)4)6-11(14)17-12/h6-8H,5H2,1-4H3. The Kier molecular flexibility index (Phi) is 3.39. The van der Waals surface area contributed by atoms with Crippen molar-refractivity contribution in [2.75, 3.05) is 0 Å². The van der Waals surface area contributed by atoms with Crippen LogP contribution < -0.4 is 0 Å². The zero-order valence-electron chi connectivity index (χ0n) is 11.1. The first kappa shape index (κ1) is 13.0. The normalized spacial score (nSPS) is 11.8. The van der Waals surface area contributed by atoms with Crippen LogP contribution in [-0.2, 0) is 12.0 Å². The van der Waals surface area contributed by atoms with Crippen molar-refractivity contribution >= 4 is 11.6 Å². The van der Waals surface area contributed by atoms with Crippen LogP contribution in [0, 0.1) is 0 Å². The summed E-state index contributed by atoms with van der Waals surface area (Å²) in [4.78, 5) is 13.0. The van der Waals surface area contributed by atoms with E-state index in [0.29, 0.717) is 11.0 Å². The predicted molar refractivity (Wildman–Crippen MR) is 72.6 cm³/mol. The number of rotatable bonds is 2. The fourth-order valence-electron chi connectivity index (χ4n) is 1.68. The quantitative estimate of drug-likeness (QED) is 0.782. The minimum atomic E-state index is -0.0571. The lowest BCUT2D eigenvalue weighted by Gasteiger charge is -2.18. The second-order valence-corrected chi connectivity index (χ2v) is 5.60. The Morgan fingerprint density at radius 2 is 2.00 bits per heavy atom. The smallest absolute Gasteiger partial charge is 0.179 e. The SMILES string of the molecule is CCn1cncc1-c1nc(Cl)cc(C(C)(C)C)n1. The Labute approximate surface area is 112 Å². The Morgan fingerprint density at radius 1 is 1.28 bits per heavy atom. The maximum Gasteiger partial charge on any atom is 0.179 e. The van der Waals surface area contributed by atoms with Gasteiger partial charge in [-0.1, -0.05) is 32.4 Å². The first-order valence-corrected chi connectivity index (χ1v) is 6.35. The molecule has 0 fully saturated rings. The lowest BCUT2D eigenvalue weighted by atomic mass is 9.92. The van der Waals surface area contributed by atoms with Gasteiger partial charge in [0, 0.05) is 12.0 Å². The van der Waals surface area contributed by atoms with Gasteiger partial charge in [0.15, 0.2) is 5.82 Å². The summed E-state index contributed by atoms with van der Waals surface area (Å²) in [5.41, 5.74) is 1.77. The summed E-state index contributed by atoms with van der Waals surface area (Å²) in [5, 5.41) is 0.466. The Bertz CT molecular complexity index is 554. The average molecular weight is 265 g/mol. The van der Waals surface area contributed by atoms with Crippen LogP contribution in [0.2, 0.25) is 5.15 Å². The minimum absolute atomic E-state index is 0.0571. The van der Waals surface area contributed by atoms with E-state index in [-0.39, 0.29) is 5.41 Å². The van der Waals surface area contributed by atoms with Gasteiger partial charge in [0.25, 0.3) is 0 Å². The maximum atomic E-state index is 6.09. The summed E-state index contributed by atoms with van der Waals surface area (Å²) >= 11 is 6.09. The van der Waals surface area contributed by atoms with Gasteiger partial charge < -0.3 is 4.57 Å². The molecule has 0 atom stereocenters. The largest absolute Gasteiger partial charge is 0.328 e. The third-order valence-electron chi connectivity index (χ3n) is 2.75. The van der Waals surface area contributed by atoms with Crippen LogP contribution >= 0.6 is 11.6 Å². The summed E-state index contributed by atoms with van der Waals surface area (Å²) in [6.45, 7) is 9.20. The molecule has 0 saturated carbocycles. The molecule has 2 heterocycles. The number of aryl methyl sites for hydroxylation is 1. The second kappa shape index (κ2) is 4.69. The summed E-state index contributed by atoms with van der Waals surface area (Å²) in [6, 6.07) is 1.82. The van der Waals surface area contributed by atoms with Gasteiger partial charge in [-0.3, -0.25) is 0 Å². The number of imidazole rings is 1. The van der Waals surface area contributed by atoms with E-state index < -0.39 is 0 Å². The van der Waals surface area contributed by atoms with E-state index in [1.54, 1.807) is 12.5 Å². The maximum absolute atomic E-state index is 6.09. The molecule has 18 heavy (non-hydrogen) atoms. The van der Waals surface area contributed by atoms with E-state index in [4.69, 9.17) is 11.6 Å². The topological polar surface area (TPSA) is 43.6 Å². The monoisotopic (exact) mass is 264 g/mol. The molecular weight excluding hydrogens is 248 g/mol. The van der Waals surface area contributed by atoms with E-state index >= 15 is 0 Å². The van der Waals surface area contributed by atoms with E-state index in [1.165, 1.54) is 0 Å². The molecule has 2 rings (SSSR count). The molecule has 0 N–H and O–H groups in total. The number of hydrogen-bond donors (Lipinski definition) is 0. The van der Waals surface area contributed by atoms with Crippen molar-refractivity contribution in [2.24, 2.45) is 0 Å². The molecule has 0 bridgehead atoms. The molecule has 96 valence electrons. The van der Waals surface area contributed by atoms with Crippen LogP contribution in [0.25, 0.3) is 11.5 Å². The van der Waals surface area contributed by atoms with Crippen molar-refractivity contribution < 1.29 is 0 Å². The molecule has 0 aliphatic heterocycles. The first-order valence-electron chi connectivity index (χ1n) is 5.97. The van der Waals surface area contributed by atoms with E-state index in [1.807, 2.05) is 10.6 Å². The predicted octanol–water partition coefficient (Wildman–Crippen LogP) is 3.31. The third kappa shape index (κ3) is 2.53. The number of hydrogen-bond acceptors (Lipinski definition) is 3. The van der Waals surface area contributed by atoms with Gasteiger partial charge in [-0.15, -0.1) is 0 Å². The summed E-state index contributed by atoms with van der Waals surface area (Å²) in [7, 11) is 0. The van der Waals surface area contributed by atoms with Gasteiger partial charge in [-0.05, 0) is 13.0 Å². The first-order chi connectivity index (χ1) is 8.41. The van der Waals surface area contributed by atoms with Crippen LogP contribution in [0.15, 0.2) is 18.6 Å². The third-order valence-corrected chi connectivity index (χ3v) is 2.94. The molecule has 0 radical (unpaired) electrons. The Hall–Kier alpha value is -1.42. The molecule has 2 aromatic rings. The van der Waals surface area contributed by atoms with E-state index in [9.17, 15) is 0 Å².